The van der Waals surface area contributed by atoms with Crippen LogP contribution in [-0.2, 0) is 4.79 Å². The van der Waals surface area contributed by atoms with Crippen molar-refractivity contribution in [2.24, 2.45) is 5.73 Å². The average molecular weight is 286 g/mol. The van der Waals surface area contributed by atoms with Gasteiger partial charge in [-0.2, -0.15) is 5.26 Å². The standard InChI is InChI=1S/C15H18N4O2/c1-11(14(17)20)18-5-7-19(8-6-18)15(21)13-4-2-3-12(9-13)10-16/h2-4,9,11H,5-8H2,1H3,(H2,17,20). The van der Waals surface area contributed by atoms with E-state index in [1.54, 1.807) is 36.1 Å². The zero-order valence-corrected chi connectivity index (χ0v) is 12.0. The molecular weight excluding hydrogens is 268 g/mol. The van der Waals surface area contributed by atoms with E-state index in [-0.39, 0.29) is 17.9 Å². The number of benzene rings is 1. The molecule has 1 aromatic carbocycles. The number of amides is 2. The van der Waals surface area contributed by atoms with Crippen LogP contribution in [0.1, 0.15) is 22.8 Å². The van der Waals surface area contributed by atoms with Crippen LogP contribution in [0.4, 0.5) is 0 Å². The summed E-state index contributed by atoms with van der Waals surface area (Å²) >= 11 is 0. The van der Waals surface area contributed by atoms with Gasteiger partial charge >= 0.3 is 0 Å². The maximum absolute atomic E-state index is 12.4. The summed E-state index contributed by atoms with van der Waals surface area (Å²) in [5.41, 5.74) is 6.29. The number of carbonyl (C=O) groups is 2. The molecule has 2 rings (SSSR count). The minimum absolute atomic E-state index is 0.0847. The molecule has 1 heterocycles. The van der Waals surface area contributed by atoms with Crippen LogP contribution in [0.5, 0.6) is 0 Å². The third kappa shape index (κ3) is 3.38. The van der Waals surface area contributed by atoms with Crippen molar-refractivity contribution in [3.8, 4) is 6.07 Å². The van der Waals surface area contributed by atoms with E-state index in [1.165, 1.54) is 0 Å². The molecule has 1 aromatic rings. The highest BCUT2D eigenvalue weighted by Crippen LogP contribution is 2.12. The van der Waals surface area contributed by atoms with Crippen LogP contribution < -0.4 is 5.73 Å². The molecular formula is C15H18N4O2. The Bertz CT molecular complexity index is 586. The van der Waals surface area contributed by atoms with Gasteiger partial charge in [0.2, 0.25) is 5.91 Å². The minimum Gasteiger partial charge on any atom is -0.368 e. The minimum atomic E-state index is -0.350. The van der Waals surface area contributed by atoms with Gasteiger partial charge in [0.15, 0.2) is 0 Å². The number of nitriles is 1. The molecule has 110 valence electrons. The average Bonchev–Trinajstić information content (AvgIpc) is 2.53. The molecule has 1 aliphatic rings. The second-order valence-electron chi connectivity index (χ2n) is 5.10. The molecule has 1 unspecified atom stereocenters. The summed E-state index contributed by atoms with van der Waals surface area (Å²) in [5, 5.41) is 8.88. The summed E-state index contributed by atoms with van der Waals surface area (Å²) in [5.74, 6) is -0.435. The van der Waals surface area contributed by atoms with Crippen molar-refractivity contribution in [2.75, 3.05) is 26.2 Å². The Labute approximate surface area is 123 Å². The van der Waals surface area contributed by atoms with Gasteiger partial charge in [0.05, 0.1) is 17.7 Å². The Balaban J connectivity index is 2.00. The summed E-state index contributed by atoms with van der Waals surface area (Å²) in [6.07, 6.45) is 0. The van der Waals surface area contributed by atoms with E-state index in [9.17, 15) is 9.59 Å². The molecule has 2 N–H and O–H groups in total. The number of primary amides is 1. The van der Waals surface area contributed by atoms with Crippen molar-refractivity contribution in [2.45, 2.75) is 13.0 Å². The van der Waals surface area contributed by atoms with E-state index in [4.69, 9.17) is 11.0 Å². The van der Waals surface area contributed by atoms with Gasteiger partial charge in [-0.15, -0.1) is 0 Å². The second-order valence-corrected chi connectivity index (χ2v) is 5.10. The van der Waals surface area contributed by atoms with Crippen LogP contribution in [0.25, 0.3) is 0 Å². The Morgan fingerprint density at radius 1 is 1.29 bits per heavy atom. The molecule has 0 saturated carbocycles. The van der Waals surface area contributed by atoms with Crippen LogP contribution in [0, 0.1) is 11.3 Å². The normalized spacial score (nSPS) is 17.0. The maximum atomic E-state index is 12.4. The second kappa shape index (κ2) is 6.37. The molecule has 0 aliphatic carbocycles. The number of rotatable bonds is 3. The summed E-state index contributed by atoms with van der Waals surface area (Å²) in [6.45, 7) is 4.11. The fraction of sp³-hybridized carbons (Fsp3) is 0.400. The Morgan fingerprint density at radius 2 is 1.95 bits per heavy atom. The van der Waals surface area contributed by atoms with E-state index >= 15 is 0 Å². The summed E-state index contributed by atoms with van der Waals surface area (Å²) in [7, 11) is 0. The highest BCUT2D eigenvalue weighted by atomic mass is 16.2. The highest BCUT2D eigenvalue weighted by Gasteiger charge is 2.26. The first kappa shape index (κ1) is 15.0. The lowest BCUT2D eigenvalue weighted by Crippen LogP contribution is -2.54. The lowest BCUT2D eigenvalue weighted by molar-refractivity contribution is -0.123. The quantitative estimate of drug-likeness (QED) is 0.858. The van der Waals surface area contributed by atoms with Gasteiger partial charge in [0.1, 0.15) is 0 Å². The molecule has 6 nitrogen and oxygen atoms in total. The number of nitrogens with zero attached hydrogens (tertiary/aromatic N) is 3. The Hall–Kier alpha value is -2.39. The van der Waals surface area contributed by atoms with Crippen molar-refractivity contribution >= 4 is 11.8 Å². The number of nitrogens with two attached hydrogens (primary N) is 1. The highest BCUT2D eigenvalue weighted by molar-refractivity contribution is 5.94. The Kier molecular flexibility index (Phi) is 4.55. The van der Waals surface area contributed by atoms with Gasteiger partial charge in [-0.25, -0.2) is 0 Å². The zero-order chi connectivity index (χ0) is 15.4. The summed E-state index contributed by atoms with van der Waals surface area (Å²) < 4.78 is 0. The van der Waals surface area contributed by atoms with Gasteiger partial charge < -0.3 is 10.6 Å². The maximum Gasteiger partial charge on any atom is 0.253 e. The van der Waals surface area contributed by atoms with Gasteiger partial charge in [0, 0.05) is 31.7 Å². The molecule has 1 saturated heterocycles. The first-order chi connectivity index (χ1) is 10.0. The van der Waals surface area contributed by atoms with Gasteiger partial charge in [0.25, 0.3) is 5.91 Å². The van der Waals surface area contributed by atoms with Crippen LogP contribution in [-0.4, -0.2) is 53.8 Å². The van der Waals surface area contributed by atoms with Crippen LogP contribution in [0.3, 0.4) is 0 Å². The third-order valence-corrected chi connectivity index (χ3v) is 3.80. The van der Waals surface area contributed by atoms with Crippen LogP contribution >= 0.6 is 0 Å². The van der Waals surface area contributed by atoms with Crippen molar-refractivity contribution in [3.05, 3.63) is 35.4 Å². The lowest BCUT2D eigenvalue weighted by atomic mass is 10.1. The largest absolute Gasteiger partial charge is 0.368 e. The van der Waals surface area contributed by atoms with Crippen molar-refractivity contribution in [1.82, 2.24) is 9.80 Å². The van der Waals surface area contributed by atoms with E-state index in [0.29, 0.717) is 37.3 Å². The van der Waals surface area contributed by atoms with E-state index in [2.05, 4.69) is 0 Å². The Morgan fingerprint density at radius 3 is 2.52 bits per heavy atom. The van der Waals surface area contributed by atoms with Gasteiger partial charge in [-0.05, 0) is 25.1 Å². The third-order valence-electron chi connectivity index (χ3n) is 3.80. The number of hydrogen-bond acceptors (Lipinski definition) is 4. The number of hydrogen-bond donors (Lipinski definition) is 1. The lowest BCUT2D eigenvalue weighted by Gasteiger charge is -2.37. The SMILES string of the molecule is CC(C(N)=O)N1CCN(C(=O)c2cccc(C#N)c2)CC1. The smallest absolute Gasteiger partial charge is 0.253 e. The number of piperazine rings is 1. The van der Waals surface area contributed by atoms with E-state index in [0.717, 1.165) is 0 Å². The van der Waals surface area contributed by atoms with Crippen molar-refractivity contribution in [3.63, 3.8) is 0 Å². The van der Waals surface area contributed by atoms with Gasteiger partial charge in [-0.1, -0.05) is 6.07 Å². The molecule has 0 radical (unpaired) electrons. The predicted molar refractivity (Wildman–Crippen MR) is 77.3 cm³/mol. The predicted octanol–water partition coefficient (Wildman–Crippen LogP) is 0.190. The molecule has 0 bridgehead atoms. The zero-order valence-electron chi connectivity index (χ0n) is 12.0. The summed E-state index contributed by atoms with van der Waals surface area (Å²) in [4.78, 5) is 27.3. The molecule has 2 amide bonds. The number of carbonyl (C=O) groups excluding carboxylic acids is 2. The first-order valence-corrected chi connectivity index (χ1v) is 6.85. The van der Waals surface area contributed by atoms with Crippen LogP contribution in [0.2, 0.25) is 0 Å². The molecule has 21 heavy (non-hydrogen) atoms. The van der Waals surface area contributed by atoms with E-state index < -0.39 is 0 Å². The molecule has 1 fully saturated rings. The van der Waals surface area contributed by atoms with Crippen LogP contribution in [0.15, 0.2) is 24.3 Å². The summed E-state index contributed by atoms with van der Waals surface area (Å²) in [6, 6.07) is 8.40. The monoisotopic (exact) mass is 286 g/mol. The van der Waals surface area contributed by atoms with Crippen molar-refractivity contribution < 1.29 is 9.59 Å². The molecule has 0 spiro atoms. The molecule has 0 aromatic heterocycles. The van der Waals surface area contributed by atoms with Gasteiger partial charge in [-0.3, -0.25) is 14.5 Å². The van der Waals surface area contributed by atoms with E-state index in [1.807, 2.05) is 11.0 Å². The molecule has 6 heteroatoms. The fourth-order valence-electron chi connectivity index (χ4n) is 2.40. The first-order valence-electron chi connectivity index (χ1n) is 6.85. The topological polar surface area (TPSA) is 90.4 Å². The van der Waals surface area contributed by atoms with Crippen molar-refractivity contribution in [1.29, 1.82) is 5.26 Å². The molecule has 1 aliphatic heterocycles. The fourth-order valence-corrected chi connectivity index (χ4v) is 2.40. The molecule has 1 atom stereocenters.